The lowest BCUT2D eigenvalue weighted by atomic mass is 9.99. The SMILES string of the molecule is O=C1[C@@H]2C3CCC(C3)N2CN1c1ccc([N+](=O)[O-])c(C(F)(F)F)c1. The van der Waals surface area contributed by atoms with E-state index in [-0.39, 0.29) is 30.2 Å². The van der Waals surface area contributed by atoms with E-state index in [9.17, 15) is 28.1 Å². The summed E-state index contributed by atoms with van der Waals surface area (Å²) in [6.45, 7) is 0.250. The quantitative estimate of drug-likeness (QED) is 0.613. The molecule has 1 aliphatic carbocycles. The zero-order valence-electron chi connectivity index (χ0n) is 12.5. The molecule has 1 saturated carbocycles. The zero-order chi connectivity index (χ0) is 17.2. The van der Waals surface area contributed by atoms with Gasteiger partial charge in [0.15, 0.2) is 0 Å². The topological polar surface area (TPSA) is 66.7 Å². The number of benzene rings is 1. The Balaban J connectivity index is 1.70. The third-order valence-electron chi connectivity index (χ3n) is 5.34. The maximum atomic E-state index is 13.1. The minimum atomic E-state index is -4.85. The van der Waals surface area contributed by atoms with Crippen LogP contribution in [0.3, 0.4) is 0 Å². The molecule has 2 unspecified atom stereocenters. The molecule has 1 aromatic rings. The fourth-order valence-corrected chi connectivity index (χ4v) is 4.30. The van der Waals surface area contributed by atoms with Crippen molar-refractivity contribution in [3.05, 3.63) is 33.9 Å². The summed E-state index contributed by atoms with van der Waals surface area (Å²) in [5.41, 5.74) is -2.27. The maximum Gasteiger partial charge on any atom is 0.423 e. The molecule has 2 saturated heterocycles. The van der Waals surface area contributed by atoms with Crippen LogP contribution in [-0.4, -0.2) is 34.5 Å². The van der Waals surface area contributed by atoms with E-state index >= 15 is 0 Å². The number of nitrogens with zero attached hydrogens (tertiary/aromatic N) is 3. The Morgan fingerprint density at radius 2 is 2.00 bits per heavy atom. The molecular formula is C15H14F3N3O3. The molecule has 0 aromatic heterocycles. The first-order valence-corrected chi connectivity index (χ1v) is 7.70. The van der Waals surface area contributed by atoms with Crippen molar-refractivity contribution in [2.75, 3.05) is 11.6 Å². The number of amides is 1. The second kappa shape index (κ2) is 4.92. The number of nitro groups is 1. The van der Waals surface area contributed by atoms with Gasteiger partial charge in [-0.05, 0) is 37.3 Å². The second-order valence-electron chi connectivity index (χ2n) is 6.55. The van der Waals surface area contributed by atoms with Crippen molar-refractivity contribution in [3.8, 4) is 0 Å². The number of carbonyl (C=O) groups excluding carboxylic acids is 1. The number of rotatable bonds is 2. The molecule has 3 atom stereocenters. The highest BCUT2D eigenvalue weighted by atomic mass is 19.4. The third-order valence-corrected chi connectivity index (χ3v) is 5.34. The summed E-state index contributed by atoms with van der Waals surface area (Å²) in [5.74, 6) is 0.0665. The average molecular weight is 341 g/mol. The van der Waals surface area contributed by atoms with Gasteiger partial charge in [0.2, 0.25) is 5.91 Å². The Bertz CT molecular complexity index is 736. The Morgan fingerprint density at radius 3 is 2.62 bits per heavy atom. The summed E-state index contributed by atoms with van der Waals surface area (Å²) < 4.78 is 39.4. The molecule has 3 aliphatic rings. The highest BCUT2D eigenvalue weighted by Gasteiger charge is 2.55. The minimum absolute atomic E-state index is 0.0618. The molecular weight excluding hydrogens is 327 g/mol. The molecule has 1 aromatic carbocycles. The normalized spacial score (nSPS) is 29.4. The Morgan fingerprint density at radius 1 is 1.25 bits per heavy atom. The molecule has 2 aliphatic heterocycles. The first kappa shape index (κ1) is 15.4. The van der Waals surface area contributed by atoms with Crippen LogP contribution in [-0.2, 0) is 11.0 Å². The van der Waals surface area contributed by atoms with E-state index < -0.39 is 22.4 Å². The largest absolute Gasteiger partial charge is 0.423 e. The van der Waals surface area contributed by atoms with E-state index in [2.05, 4.69) is 0 Å². The third kappa shape index (κ3) is 2.10. The van der Waals surface area contributed by atoms with Crippen molar-refractivity contribution in [1.82, 2.24) is 4.90 Å². The number of hydrogen-bond acceptors (Lipinski definition) is 4. The molecule has 6 nitrogen and oxygen atoms in total. The van der Waals surface area contributed by atoms with Crippen LogP contribution < -0.4 is 4.90 Å². The summed E-state index contributed by atoms with van der Waals surface area (Å²) in [5, 5.41) is 10.8. The van der Waals surface area contributed by atoms with E-state index in [1.54, 1.807) is 0 Å². The molecule has 0 spiro atoms. The molecule has 2 heterocycles. The van der Waals surface area contributed by atoms with Gasteiger partial charge in [-0.3, -0.25) is 24.7 Å². The van der Waals surface area contributed by atoms with E-state index in [0.717, 1.165) is 25.3 Å². The number of hydrogen-bond donors (Lipinski definition) is 0. The second-order valence-corrected chi connectivity index (χ2v) is 6.55. The van der Waals surface area contributed by atoms with Crippen molar-refractivity contribution in [3.63, 3.8) is 0 Å². The lowest BCUT2D eigenvalue weighted by molar-refractivity contribution is -0.388. The van der Waals surface area contributed by atoms with Crippen LogP contribution in [0.4, 0.5) is 24.5 Å². The van der Waals surface area contributed by atoms with Gasteiger partial charge >= 0.3 is 6.18 Å². The van der Waals surface area contributed by atoms with Gasteiger partial charge in [0.1, 0.15) is 5.56 Å². The van der Waals surface area contributed by atoms with Gasteiger partial charge in [0, 0.05) is 17.8 Å². The molecule has 0 radical (unpaired) electrons. The van der Waals surface area contributed by atoms with E-state index in [0.29, 0.717) is 12.1 Å². The van der Waals surface area contributed by atoms with Gasteiger partial charge in [-0.15, -0.1) is 0 Å². The van der Waals surface area contributed by atoms with Gasteiger partial charge in [-0.2, -0.15) is 13.2 Å². The van der Waals surface area contributed by atoms with Crippen molar-refractivity contribution in [2.24, 2.45) is 5.92 Å². The van der Waals surface area contributed by atoms with Crippen LogP contribution >= 0.6 is 0 Å². The Kier molecular flexibility index (Phi) is 3.15. The molecule has 3 fully saturated rings. The maximum absolute atomic E-state index is 13.1. The predicted molar refractivity (Wildman–Crippen MR) is 77.2 cm³/mol. The van der Waals surface area contributed by atoms with E-state index in [1.165, 1.54) is 11.0 Å². The first-order valence-electron chi connectivity index (χ1n) is 7.70. The molecule has 9 heteroatoms. The summed E-state index contributed by atoms with van der Waals surface area (Å²) in [4.78, 5) is 25.8. The van der Waals surface area contributed by atoms with Gasteiger partial charge in [0.25, 0.3) is 5.69 Å². The fraction of sp³-hybridized carbons (Fsp3) is 0.533. The summed E-state index contributed by atoms with van der Waals surface area (Å²) in [6.07, 6.45) is -1.90. The lowest BCUT2D eigenvalue weighted by Crippen LogP contribution is -2.38. The number of nitro benzene ring substituents is 1. The smallest absolute Gasteiger partial charge is 0.298 e. The molecule has 4 rings (SSSR count). The highest BCUT2D eigenvalue weighted by molar-refractivity contribution is 6.00. The highest BCUT2D eigenvalue weighted by Crippen LogP contribution is 2.47. The van der Waals surface area contributed by atoms with Crippen LogP contribution in [0.1, 0.15) is 24.8 Å². The van der Waals surface area contributed by atoms with Crippen LogP contribution in [0, 0.1) is 16.0 Å². The van der Waals surface area contributed by atoms with Crippen LogP contribution in [0.25, 0.3) is 0 Å². The molecule has 0 N–H and O–H groups in total. The van der Waals surface area contributed by atoms with Crippen molar-refractivity contribution in [1.29, 1.82) is 0 Å². The fourth-order valence-electron chi connectivity index (χ4n) is 4.30. The van der Waals surface area contributed by atoms with Gasteiger partial charge in [-0.25, -0.2) is 0 Å². The number of carbonyl (C=O) groups is 1. The molecule has 24 heavy (non-hydrogen) atoms. The van der Waals surface area contributed by atoms with Crippen LogP contribution in [0.2, 0.25) is 0 Å². The van der Waals surface area contributed by atoms with Gasteiger partial charge < -0.3 is 0 Å². The Labute approximate surface area is 135 Å². The van der Waals surface area contributed by atoms with E-state index in [1.807, 2.05) is 4.90 Å². The van der Waals surface area contributed by atoms with E-state index in [4.69, 9.17) is 0 Å². The van der Waals surface area contributed by atoms with Crippen molar-refractivity contribution < 1.29 is 22.9 Å². The Hall–Kier alpha value is -2.16. The molecule has 2 bridgehead atoms. The summed E-state index contributed by atoms with van der Waals surface area (Å²) >= 11 is 0. The number of fused-ring (bicyclic) bond motifs is 5. The summed E-state index contributed by atoms with van der Waals surface area (Å²) in [7, 11) is 0. The minimum Gasteiger partial charge on any atom is -0.298 e. The van der Waals surface area contributed by atoms with Crippen molar-refractivity contribution >= 4 is 17.3 Å². The number of anilines is 1. The van der Waals surface area contributed by atoms with Crippen molar-refractivity contribution in [2.45, 2.75) is 37.5 Å². The lowest BCUT2D eigenvalue weighted by Gasteiger charge is -2.25. The number of alkyl halides is 3. The standard InChI is InChI=1S/C15H14F3N3O3/c16-15(17,18)11-6-10(3-4-12(11)21(23)24)20-7-19-9-2-1-8(5-9)13(19)14(20)22/h3-4,6,8-9,13H,1-2,5,7H2/t8?,9?,13-/m0/s1. The number of piperidine rings is 1. The van der Waals surface area contributed by atoms with Gasteiger partial charge in [-0.1, -0.05) is 0 Å². The zero-order valence-corrected chi connectivity index (χ0v) is 12.5. The monoisotopic (exact) mass is 341 g/mol. The molecule has 128 valence electrons. The van der Waals surface area contributed by atoms with Crippen LogP contribution in [0.15, 0.2) is 18.2 Å². The average Bonchev–Trinajstić information content (AvgIpc) is 3.19. The molecule has 1 amide bonds. The first-order chi connectivity index (χ1) is 11.3. The predicted octanol–water partition coefficient (Wildman–Crippen LogP) is 2.77. The number of halogens is 3. The summed E-state index contributed by atoms with van der Waals surface area (Å²) in [6, 6.07) is 2.81. The van der Waals surface area contributed by atoms with Crippen LogP contribution in [0.5, 0.6) is 0 Å². The van der Waals surface area contributed by atoms with Gasteiger partial charge in [0.05, 0.1) is 17.6 Å².